The van der Waals surface area contributed by atoms with Crippen LogP contribution in [0.1, 0.15) is 52.9 Å². The van der Waals surface area contributed by atoms with Crippen LogP contribution in [-0.4, -0.2) is 28.9 Å². The van der Waals surface area contributed by atoms with Gasteiger partial charge in [-0.25, -0.2) is 0 Å². The zero-order valence-electron chi connectivity index (χ0n) is 19.3. The first-order valence-corrected chi connectivity index (χ1v) is 12.3. The molecule has 1 heterocycles. The minimum atomic E-state index is -1.03. The number of benzene rings is 1. The van der Waals surface area contributed by atoms with E-state index >= 15 is 0 Å². The van der Waals surface area contributed by atoms with Crippen molar-refractivity contribution in [3.63, 3.8) is 0 Å². The number of carbonyl (C=O) groups excluding carboxylic acids is 1. The lowest BCUT2D eigenvalue weighted by Gasteiger charge is -2.58. The molecule has 3 saturated carbocycles. The van der Waals surface area contributed by atoms with Crippen molar-refractivity contribution in [1.29, 1.82) is 0 Å². The highest BCUT2D eigenvalue weighted by Crippen LogP contribution is 2.71. The number of ketones is 1. The van der Waals surface area contributed by atoms with E-state index < -0.39 is 11.4 Å². The van der Waals surface area contributed by atoms with E-state index in [0.717, 1.165) is 37.9 Å². The third kappa shape index (κ3) is 2.48. The summed E-state index contributed by atoms with van der Waals surface area (Å²) in [5.41, 5.74) is -0.00683. The highest BCUT2D eigenvalue weighted by Gasteiger charge is 2.78. The van der Waals surface area contributed by atoms with Gasteiger partial charge in [-0.1, -0.05) is 50.6 Å². The van der Waals surface area contributed by atoms with Gasteiger partial charge in [0.1, 0.15) is 18.0 Å². The van der Waals surface area contributed by atoms with Crippen LogP contribution in [0.25, 0.3) is 0 Å². The van der Waals surface area contributed by atoms with Crippen molar-refractivity contribution in [3.05, 3.63) is 54.1 Å². The third-order valence-electron chi connectivity index (χ3n) is 10.2. The molecule has 4 aliphatic carbocycles. The minimum Gasteiger partial charge on any atom is -0.457 e. The summed E-state index contributed by atoms with van der Waals surface area (Å²) in [5, 5.41) is 12.5. The second kappa shape index (κ2) is 6.57. The Morgan fingerprint density at radius 2 is 1.88 bits per heavy atom. The van der Waals surface area contributed by atoms with Crippen LogP contribution in [0.3, 0.4) is 0 Å². The average Bonchev–Trinajstić information content (AvgIpc) is 3.52. The summed E-state index contributed by atoms with van der Waals surface area (Å²) < 4.78 is 12.4. The van der Waals surface area contributed by atoms with Gasteiger partial charge in [0.2, 0.25) is 0 Å². The lowest BCUT2D eigenvalue weighted by molar-refractivity contribution is -0.221. The molecule has 8 atom stereocenters. The van der Waals surface area contributed by atoms with E-state index in [1.165, 1.54) is 5.57 Å². The van der Waals surface area contributed by atoms with Crippen LogP contribution in [0.5, 0.6) is 5.75 Å². The Morgan fingerprint density at radius 1 is 1.12 bits per heavy atom. The van der Waals surface area contributed by atoms with E-state index in [4.69, 9.17) is 9.47 Å². The Balaban J connectivity index is 1.35. The maximum absolute atomic E-state index is 12.5. The Bertz CT molecular complexity index is 1010. The molecule has 1 saturated heterocycles. The van der Waals surface area contributed by atoms with E-state index in [-0.39, 0.29) is 22.5 Å². The lowest BCUT2D eigenvalue weighted by atomic mass is 9.47. The Morgan fingerprint density at radius 3 is 2.59 bits per heavy atom. The lowest BCUT2D eigenvalue weighted by Crippen LogP contribution is -2.63. The molecule has 0 radical (unpaired) electrons. The molecular weight excluding hydrogens is 400 g/mol. The zero-order valence-corrected chi connectivity index (χ0v) is 19.3. The van der Waals surface area contributed by atoms with Crippen molar-refractivity contribution in [1.82, 2.24) is 0 Å². The second-order valence-electron chi connectivity index (χ2n) is 11.4. The number of hydrogen-bond acceptors (Lipinski definition) is 4. The number of allylic oxidation sites excluding steroid dienone is 4. The summed E-state index contributed by atoms with van der Waals surface area (Å²) in [7, 11) is 0. The van der Waals surface area contributed by atoms with Crippen molar-refractivity contribution >= 4 is 5.78 Å². The number of ether oxygens (including phenoxy) is 2. The van der Waals surface area contributed by atoms with Crippen LogP contribution in [0.2, 0.25) is 0 Å². The standard InChI is InChI=1S/C28H34O4/c1-18-15-24-22-10-9-19-16-20(29)11-13-25(19,2)23(22)12-14-26(24,3)28(18,30)27(17-31-27)32-21-7-5-4-6-8-21/h4-8,11,13,16,18,22-24,30H,9-10,12,14-15,17H2,1-3H3/t18-,22-,23+,24+,25+,26+,27-,28-/m1/s1. The minimum absolute atomic E-state index is 0.0313. The quantitative estimate of drug-likeness (QED) is 0.674. The van der Waals surface area contributed by atoms with Gasteiger partial charge in [-0.05, 0) is 80.1 Å². The molecule has 0 aromatic heterocycles. The van der Waals surface area contributed by atoms with Crippen molar-refractivity contribution in [3.8, 4) is 5.75 Å². The number of hydrogen-bond donors (Lipinski definition) is 1. The fourth-order valence-electron chi connectivity index (χ4n) is 8.45. The van der Waals surface area contributed by atoms with Crippen molar-refractivity contribution in [2.75, 3.05) is 6.61 Å². The number of para-hydroxylation sites is 1. The fraction of sp³-hybridized carbons (Fsp3) is 0.607. The van der Waals surface area contributed by atoms with E-state index in [1.54, 1.807) is 6.08 Å². The summed E-state index contributed by atoms with van der Waals surface area (Å²) in [5.74, 6) is 1.50. The Kier molecular flexibility index (Phi) is 4.25. The van der Waals surface area contributed by atoms with Crippen LogP contribution in [0, 0.1) is 34.5 Å². The molecule has 5 aliphatic rings. The fourth-order valence-corrected chi connectivity index (χ4v) is 8.45. The highest BCUT2D eigenvalue weighted by molar-refractivity contribution is 6.01. The van der Waals surface area contributed by atoms with Crippen LogP contribution < -0.4 is 4.74 Å². The molecule has 6 rings (SSSR count). The number of carbonyl (C=O) groups is 1. The molecule has 0 unspecified atom stereocenters. The van der Waals surface area contributed by atoms with E-state index in [1.807, 2.05) is 36.4 Å². The molecular formula is C28H34O4. The van der Waals surface area contributed by atoms with Gasteiger partial charge in [-0.3, -0.25) is 4.79 Å². The van der Waals surface area contributed by atoms with Crippen LogP contribution in [-0.2, 0) is 9.53 Å². The number of epoxide rings is 1. The molecule has 0 spiro atoms. The first-order valence-electron chi connectivity index (χ1n) is 12.3. The molecule has 1 aromatic carbocycles. The molecule has 1 aliphatic heterocycles. The topological polar surface area (TPSA) is 59.1 Å². The number of aliphatic hydroxyl groups is 1. The predicted molar refractivity (Wildman–Crippen MR) is 122 cm³/mol. The molecule has 0 amide bonds. The molecule has 4 fully saturated rings. The molecule has 1 aromatic rings. The first-order chi connectivity index (χ1) is 15.2. The number of fused-ring (bicyclic) bond motifs is 5. The van der Waals surface area contributed by atoms with Crippen LogP contribution in [0.4, 0.5) is 0 Å². The molecule has 0 bridgehead atoms. The normalized spacial score (nSPS) is 49.0. The van der Waals surface area contributed by atoms with Crippen LogP contribution in [0.15, 0.2) is 54.1 Å². The summed E-state index contributed by atoms with van der Waals surface area (Å²) in [6.07, 6.45) is 10.9. The molecule has 32 heavy (non-hydrogen) atoms. The van der Waals surface area contributed by atoms with Gasteiger partial charge in [0.05, 0.1) is 0 Å². The maximum Gasteiger partial charge on any atom is 0.264 e. The highest BCUT2D eigenvalue weighted by atomic mass is 16.8. The molecule has 1 N–H and O–H groups in total. The summed E-state index contributed by atoms with van der Waals surface area (Å²) in [6, 6.07) is 9.77. The molecule has 4 heteroatoms. The van der Waals surface area contributed by atoms with E-state index in [2.05, 4.69) is 26.8 Å². The van der Waals surface area contributed by atoms with Gasteiger partial charge < -0.3 is 14.6 Å². The van der Waals surface area contributed by atoms with E-state index in [0.29, 0.717) is 24.4 Å². The third-order valence-corrected chi connectivity index (χ3v) is 10.2. The maximum atomic E-state index is 12.5. The van der Waals surface area contributed by atoms with Crippen molar-refractivity contribution < 1.29 is 19.4 Å². The summed E-state index contributed by atoms with van der Waals surface area (Å²) >= 11 is 0. The van der Waals surface area contributed by atoms with Crippen LogP contribution >= 0.6 is 0 Å². The second-order valence-corrected chi connectivity index (χ2v) is 11.4. The number of rotatable bonds is 3. The predicted octanol–water partition coefficient (Wildman–Crippen LogP) is 5.08. The Hall–Kier alpha value is -1.91. The van der Waals surface area contributed by atoms with Crippen molar-refractivity contribution in [2.45, 2.75) is 64.3 Å². The largest absolute Gasteiger partial charge is 0.457 e. The summed E-state index contributed by atoms with van der Waals surface area (Å²) in [4.78, 5) is 12.0. The van der Waals surface area contributed by atoms with Gasteiger partial charge in [-0.2, -0.15) is 0 Å². The Labute approximate surface area is 190 Å². The monoisotopic (exact) mass is 434 g/mol. The smallest absolute Gasteiger partial charge is 0.264 e. The zero-order chi connectivity index (χ0) is 22.4. The van der Waals surface area contributed by atoms with Crippen molar-refractivity contribution in [2.24, 2.45) is 34.5 Å². The van der Waals surface area contributed by atoms with Gasteiger partial charge in [0, 0.05) is 10.8 Å². The first kappa shape index (κ1) is 20.7. The summed E-state index contributed by atoms with van der Waals surface area (Å²) in [6.45, 7) is 7.25. The van der Waals surface area contributed by atoms with E-state index in [9.17, 15) is 9.90 Å². The SMILES string of the molecule is C[C@@H]1C[C@H]2[C@@H]3CCC4=CC(=O)C=C[C@]4(C)[C@H]3CC[C@]2(C)[C@@]1(O)[C@]1(Oc2ccccc2)CO1. The van der Waals surface area contributed by atoms with Gasteiger partial charge in [0.15, 0.2) is 5.78 Å². The molecule has 170 valence electrons. The van der Waals surface area contributed by atoms with Gasteiger partial charge >= 0.3 is 0 Å². The van der Waals surface area contributed by atoms with Gasteiger partial charge in [-0.15, -0.1) is 0 Å². The average molecular weight is 435 g/mol. The van der Waals surface area contributed by atoms with Gasteiger partial charge in [0.25, 0.3) is 5.79 Å². The molecule has 4 nitrogen and oxygen atoms in total.